The molecule has 3 atom stereocenters. The number of hydrogen-bond donors (Lipinski definition) is 0. The highest BCUT2D eigenvalue weighted by Crippen LogP contribution is 2.39. The van der Waals surface area contributed by atoms with Gasteiger partial charge in [0.2, 0.25) is 5.91 Å². The maximum atomic E-state index is 13.4. The summed E-state index contributed by atoms with van der Waals surface area (Å²) in [4.78, 5) is 17.7. The van der Waals surface area contributed by atoms with Gasteiger partial charge in [-0.15, -0.1) is 0 Å². The number of rotatable bonds is 4. The molecule has 2 aliphatic heterocycles. The van der Waals surface area contributed by atoms with Crippen molar-refractivity contribution in [3.63, 3.8) is 0 Å². The molecule has 1 amide bonds. The van der Waals surface area contributed by atoms with Gasteiger partial charge in [-0.1, -0.05) is 12.1 Å². The summed E-state index contributed by atoms with van der Waals surface area (Å²) in [6.45, 7) is 8.52. The predicted molar refractivity (Wildman–Crippen MR) is 111 cm³/mol. The van der Waals surface area contributed by atoms with Gasteiger partial charge >= 0.3 is 0 Å². The second kappa shape index (κ2) is 7.90. The molecule has 5 nitrogen and oxygen atoms in total. The van der Waals surface area contributed by atoms with E-state index in [0.29, 0.717) is 25.6 Å². The third-order valence-corrected chi connectivity index (χ3v) is 7.02. The highest BCUT2D eigenvalue weighted by atomic mass is 19.1. The van der Waals surface area contributed by atoms with E-state index in [2.05, 4.69) is 35.8 Å². The lowest BCUT2D eigenvalue weighted by Gasteiger charge is -2.39. The average Bonchev–Trinajstić information content (AvgIpc) is 3.21. The summed E-state index contributed by atoms with van der Waals surface area (Å²) >= 11 is 0. The number of amides is 1. The Morgan fingerprint density at radius 1 is 1.21 bits per heavy atom. The summed E-state index contributed by atoms with van der Waals surface area (Å²) in [5.74, 6) is 0.212. The molecule has 0 radical (unpaired) electrons. The molecule has 4 rings (SSSR count). The maximum Gasteiger partial charge on any atom is 0.224 e. The molecule has 1 aromatic carbocycles. The Bertz CT molecular complexity index is 891. The Hall–Kier alpha value is -2.21. The van der Waals surface area contributed by atoms with Gasteiger partial charge in [0.15, 0.2) is 0 Å². The summed E-state index contributed by atoms with van der Waals surface area (Å²) in [5.41, 5.74) is 4.49. The van der Waals surface area contributed by atoms with E-state index in [1.54, 1.807) is 0 Å². The van der Waals surface area contributed by atoms with Crippen molar-refractivity contribution in [2.24, 2.45) is 0 Å². The molecule has 0 aliphatic carbocycles. The lowest BCUT2D eigenvalue weighted by atomic mass is 9.86. The molecule has 0 N–H and O–H groups in total. The van der Waals surface area contributed by atoms with Crippen molar-refractivity contribution in [1.29, 1.82) is 0 Å². The van der Waals surface area contributed by atoms with Gasteiger partial charge in [0.25, 0.3) is 0 Å². The molecule has 2 saturated heterocycles. The topological polar surface area (TPSA) is 41.4 Å². The van der Waals surface area contributed by atoms with E-state index in [1.807, 2.05) is 23.7 Å². The first-order chi connectivity index (χ1) is 13.9. The zero-order valence-electron chi connectivity index (χ0n) is 17.9. The van der Waals surface area contributed by atoms with Crippen LogP contribution in [0, 0.1) is 26.6 Å². The van der Waals surface area contributed by atoms with Crippen LogP contribution in [0.1, 0.15) is 47.7 Å². The maximum absolute atomic E-state index is 13.4. The van der Waals surface area contributed by atoms with Crippen LogP contribution in [0.4, 0.5) is 4.39 Å². The number of hydrogen-bond acceptors (Lipinski definition) is 3. The van der Waals surface area contributed by atoms with Gasteiger partial charge in [0, 0.05) is 43.2 Å². The van der Waals surface area contributed by atoms with Crippen LogP contribution < -0.4 is 0 Å². The van der Waals surface area contributed by atoms with Gasteiger partial charge in [-0.05, 0) is 70.5 Å². The highest BCUT2D eigenvalue weighted by molar-refractivity contribution is 5.77. The number of aromatic nitrogens is 2. The van der Waals surface area contributed by atoms with E-state index in [4.69, 9.17) is 0 Å². The Morgan fingerprint density at radius 3 is 2.59 bits per heavy atom. The second-order valence-electron chi connectivity index (χ2n) is 8.65. The Balaban J connectivity index is 1.52. The standard InChI is InChI=1S/C23H31FN4O/c1-15-16(2)25-28(17(15)3)13-11-22(29)27-14-20(18-7-9-19(24)10-8-18)23-21(27)6-5-12-26(23)4/h7-10,20-21,23H,5-6,11-14H2,1-4H3/t20-,21-,23-/m1/s1. The van der Waals surface area contributed by atoms with Crippen LogP contribution in [0.15, 0.2) is 24.3 Å². The number of likely N-dealkylation sites (N-methyl/N-ethyl adjacent to an activating group) is 1. The molecule has 0 spiro atoms. The number of piperidine rings is 1. The van der Waals surface area contributed by atoms with Gasteiger partial charge in [0.05, 0.1) is 5.69 Å². The van der Waals surface area contributed by atoms with E-state index in [-0.39, 0.29) is 23.7 Å². The van der Waals surface area contributed by atoms with E-state index in [0.717, 1.165) is 36.3 Å². The number of halogens is 1. The summed E-state index contributed by atoms with van der Waals surface area (Å²) in [5, 5.41) is 4.57. The summed E-state index contributed by atoms with van der Waals surface area (Å²) in [6, 6.07) is 7.36. The first kappa shape index (κ1) is 20.1. The van der Waals surface area contributed by atoms with Crippen molar-refractivity contribution in [2.75, 3.05) is 20.1 Å². The van der Waals surface area contributed by atoms with Crippen molar-refractivity contribution in [3.8, 4) is 0 Å². The zero-order valence-corrected chi connectivity index (χ0v) is 17.9. The van der Waals surface area contributed by atoms with Gasteiger partial charge in [-0.3, -0.25) is 9.48 Å². The van der Waals surface area contributed by atoms with Crippen LogP contribution in [0.3, 0.4) is 0 Å². The minimum absolute atomic E-state index is 0.199. The number of fused-ring (bicyclic) bond motifs is 1. The molecule has 156 valence electrons. The summed E-state index contributed by atoms with van der Waals surface area (Å²) in [6.07, 6.45) is 2.61. The Labute approximate surface area is 172 Å². The molecule has 0 unspecified atom stereocenters. The van der Waals surface area contributed by atoms with Crippen molar-refractivity contribution in [3.05, 3.63) is 52.6 Å². The largest absolute Gasteiger partial charge is 0.337 e. The Morgan fingerprint density at radius 2 is 1.93 bits per heavy atom. The highest BCUT2D eigenvalue weighted by Gasteiger charge is 2.47. The molecule has 2 aliphatic rings. The molecule has 3 heterocycles. The third kappa shape index (κ3) is 3.70. The van der Waals surface area contributed by atoms with Gasteiger partial charge in [0.1, 0.15) is 5.82 Å². The lowest BCUT2D eigenvalue weighted by Crippen LogP contribution is -2.50. The molecule has 0 bridgehead atoms. The molecule has 2 fully saturated rings. The number of aryl methyl sites for hydroxylation is 2. The second-order valence-corrected chi connectivity index (χ2v) is 8.65. The first-order valence-electron chi connectivity index (χ1n) is 10.6. The molecule has 29 heavy (non-hydrogen) atoms. The molecule has 1 aromatic heterocycles. The van der Waals surface area contributed by atoms with Crippen LogP contribution in [0.25, 0.3) is 0 Å². The van der Waals surface area contributed by atoms with Crippen LogP contribution in [-0.2, 0) is 11.3 Å². The van der Waals surface area contributed by atoms with Crippen molar-refractivity contribution >= 4 is 5.91 Å². The van der Waals surface area contributed by atoms with E-state index in [1.165, 1.54) is 17.7 Å². The average molecular weight is 399 g/mol. The predicted octanol–water partition coefficient (Wildman–Crippen LogP) is 3.43. The fourth-order valence-corrected chi connectivity index (χ4v) is 5.18. The first-order valence-corrected chi connectivity index (χ1v) is 10.6. The van der Waals surface area contributed by atoms with Crippen LogP contribution in [-0.4, -0.2) is 57.7 Å². The van der Waals surface area contributed by atoms with Crippen LogP contribution in [0.5, 0.6) is 0 Å². The summed E-state index contributed by atoms with van der Waals surface area (Å²) in [7, 11) is 2.15. The molecule has 2 aromatic rings. The number of carbonyl (C=O) groups excluding carboxylic acids is 1. The van der Waals surface area contributed by atoms with Crippen molar-refractivity contribution < 1.29 is 9.18 Å². The number of nitrogens with zero attached hydrogens (tertiary/aromatic N) is 4. The normalized spacial score (nSPS) is 24.7. The Kier molecular flexibility index (Phi) is 5.47. The summed E-state index contributed by atoms with van der Waals surface area (Å²) < 4.78 is 15.4. The van der Waals surface area contributed by atoms with Gasteiger partial charge in [-0.25, -0.2) is 4.39 Å². The minimum Gasteiger partial charge on any atom is -0.337 e. The number of carbonyl (C=O) groups is 1. The monoisotopic (exact) mass is 398 g/mol. The smallest absolute Gasteiger partial charge is 0.224 e. The van der Waals surface area contributed by atoms with Gasteiger partial charge < -0.3 is 9.80 Å². The van der Waals surface area contributed by atoms with E-state index in [9.17, 15) is 9.18 Å². The molecule has 6 heteroatoms. The van der Waals surface area contributed by atoms with Crippen molar-refractivity contribution in [2.45, 2.75) is 64.6 Å². The van der Waals surface area contributed by atoms with E-state index < -0.39 is 0 Å². The third-order valence-electron chi connectivity index (χ3n) is 7.02. The van der Waals surface area contributed by atoms with Crippen LogP contribution in [0.2, 0.25) is 0 Å². The van der Waals surface area contributed by atoms with Crippen LogP contribution >= 0.6 is 0 Å². The molecule has 0 saturated carbocycles. The lowest BCUT2D eigenvalue weighted by molar-refractivity contribution is -0.133. The quantitative estimate of drug-likeness (QED) is 0.792. The fourth-order valence-electron chi connectivity index (χ4n) is 5.18. The number of benzene rings is 1. The minimum atomic E-state index is -0.214. The zero-order chi connectivity index (χ0) is 20.7. The van der Waals surface area contributed by atoms with E-state index >= 15 is 0 Å². The SMILES string of the molecule is Cc1nn(CCC(=O)N2C[C@H](c3ccc(F)cc3)[C@@H]3[C@H]2CCCN3C)c(C)c1C. The van der Waals surface area contributed by atoms with Gasteiger partial charge in [-0.2, -0.15) is 5.10 Å². The fraction of sp³-hybridized carbons (Fsp3) is 0.565. The molecular weight excluding hydrogens is 367 g/mol. The van der Waals surface area contributed by atoms with Crippen molar-refractivity contribution in [1.82, 2.24) is 19.6 Å². The number of likely N-dealkylation sites (tertiary alicyclic amines) is 2. The molecular formula is C23H31FN4O.